The van der Waals surface area contributed by atoms with E-state index in [-0.39, 0.29) is 12.5 Å². The Morgan fingerprint density at radius 1 is 1.33 bits per heavy atom. The maximum atomic E-state index is 11.5. The molecule has 1 N–H and O–H groups in total. The van der Waals surface area contributed by atoms with Gasteiger partial charge in [-0.3, -0.25) is 0 Å². The average molecular weight is 137 g/mol. The lowest BCUT2D eigenvalue weighted by molar-refractivity contribution is 0.131. The minimum Gasteiger partial charge on any atom is -0.317 e. The molecule has 0 aliphatic heterocycles. The summed E-state index contributed by atoms with van der Waals surface area (Å²) in [5.74, 6) is 0. The molecular weight excluding hydrogens is 124 g/mol. The van der Waals surface area contributed by atoms with Crippen molar-refractivity contribution in [3.05, 3.63) is 0 Å². The maximum absolute atomic E-state index is 11.5. The minimum atomic E-state index is -2.15. The second-order valence-electron chi connectivity index (χ2n) is 2.16. The van der Waals surface area contributed by atoms with Gasteiger partial charge in [-0.15, -0.1) is 0 Å². The van der Waals surface area contributed by atoms with E-state index >= 15 is 0 Å². The summed E-state index contributed by atoms with van der Waals surface area (Å²) in [7, 11) is 1.77. The van der Waals surface area contributed by atoms with Gasteiger partial charge < -0.3 is 5.32 Å². The molecule has 3 heteroatoms. The molecule has 56 valence electrons. The molecule has 0 amide bonds. The molecule has 1 atom stereocenters. The SMILES string of the molecule is CN[C@@H](C)CCC(F)F. The van der Waals surface area contributed by atoms with Gasteiger partial charge >= 0.3 is 0 Å². The summed E-state index contributed by atoms with van der Waals surface area (Å²) >= 11 is 0. The normalized spacial score (nSPS) is 14.3. The summed E-state index contributed by atoms with van der Waals surface area (Å²) in [6.45, 7) is 1.89. The van der Waals surface area contributed by atoms with Crippen LogP contribution in [-0.2, 0) is 0 Å². The van der Waals surface area contributed by atoms with E-state index in [2.05, 4.69) is 5.32 Å². The molecule has 0 radical (unpaired) electrons. The quantitative estimate of drug-likeness (QED) is 0.621. The zero-order chi connectivity index (χ0) is 7.28. The maximum Gasteiger partial charge on any atom is 0.238 e. The van der Waals surface area contributed by atoms with Crippen LogP contribution in [0.25, 0.3) is 0 Å². The van der Waals surface area contributed by atoms with Crippen molar-refractivity contribution in [2.75, 3.05) is 7.05 Å². The van der Waals surface area contributed by atoms with Crippen LogP contribution in [0, 0.1) is 0 Å². The number of hydrogen-bond acceptors (Lipinski definition) is 1. The van der Waals surface area contributed by atoms with Crippen LogP contribution in [0.15, 0.2) is 0 Å². The highest BCUT2D eigenvalue weighted by molar-refractivity contribution is 4.56. The third-order valence-corrected chi connectivity index (χ3v) is 1.31. The van der Waals surface area contributed by atoms with Crippen molar-refractivity contribution < 1.29 is 8.78 Å². The zero-order valence-electron chi connectivity index (χ0n) is 5.82. The van der Waals surface area contributed by atoms with Crippen LogP contribution in [0.3, 0.4) is 0 Å². The van der Waals surface area contributed by atoms with E-state index in [1.807, 2.05) is 6.92 Å². The Bertz CT molecular complexity index is 66.1. The van der Waals surface area contributed by atoms with E-state index in [9.17, 15) is 8.78 Å². The first-order valence-corrected chi connectivity index (χ1v) is 3.12. The van der Waals surface area contributed by atoms with Crippen LogP contribution in [0.4, 0.5) is 8.78 Å². The van der Waals surface area contributed by atoms with E-state index in [0.717, 1.165) is 0 Å². The smallest absolute Gasteiger partial charge is 0.238 e. The number of alkyl halides is 2. The molecule has 0 aromatic carbocycles. The van der Waals surface area contributed by atoms with Crippen LogP contribution in [-0.4, -0.2) is 19.5 Å². The largest absolute Gasteiger partial charge is 0.317 e. The summed E-state index contributed by atoms with van der Waals surface area (Å²) in [4.78, 5) is 0. The second-order valence-corrected chi connectivity index (χ2v) is 2.16. The van der Waals surface area contributed by atoms with Crippen molar-refractivity contribution in [3.63, 3.8) is 0 Å². The first-order valence-electron chi connectivity index (χ1n) is 3.12. The Morgan fingerprint density at radius 2 is 1.89 bits per heavy atom. The van der Waals surface area contributed by atoms with E-state index in [1.165, 1.54) is 0 Å². The highest BCUT2D eigenvalue weighted by Gasteiger charge is 2.04. The van der Waals surface area contributed by atoms with Gasteiger partial charge in [-0.25, -0.2) is 8.78 Å². The van der Waals surface area contributed by atoms with Gasteiger partial charge in [0.1, 0.15) is 0 Å². The summed E-state index contributed by atoms with van der Waals surface area (Å²) in [5.41, 5.74) is 0. The highest BCUT2D eigenvalue weighted by atomic mass is 19.3. The van der Waals surface area contributed by atoms with Crippen LogP contribution in [0.2, 0.25) is 0 Å². The van der Waals surface area contributed by atoms with E-state index in [0.29, 0.717) is 6.42 Å². The number of hydrogen-bond donors (Lipinski definition) is 1. The molecule has 0 bridgehead atoms. The molecule has 0 aromatic heterocycles. The van der Waals surface area contributed by atoms with Crippen molar-refractivity contribution in [3.8, 4) is 0 Å². The third kappa shape index (κ3) is 5.69. The Labute approximate surface area is 54.4 Å². The summed E-state index contributed by atoms with van der Waals surface area (Å²) in [6.07, 6.45) is -1.60. The van der Waals surface area contributed by atoms with Crippen LogP contribution >= 0.6 is 0 Å². The van der Waals surface area contributed by atoms with Gasteiger partial charge in [-0.1, -0.05) is 0 Å². The Morgan fingerprint density at radius 3 is 2.22 bits per heavy atom. The van der Waals surface area contributed by atoms with Crippen LogP contribution in [0.5, 0.6) is 0 Å². The molecule has 0 fully saturated rings. The molecule has 0 saturated carbocycles. The lowest BCUT2D eigenvalue weighted by atomic mass is 10.2. The fourth-order valence-electron chi connectivity index (χ4n) is 0.520. The van der Waals surface area contributed by atoms with Crippen LogP contribution in [0.1, 0.15) is 19.8 Å². The molecule has 0 spiro atoms. The summed E-state index contributed by atoms with van der Waals surface area (Å²) < 4.78 is 23.0. The van der Waals surface area contributed by atoms with Crippen molar-refractivity contribution in [1.82, 2.24) is 5.32 Å². The van der Waals surface area contributed by atoms with Gasteiger partial charge in [0, 0.05) is 12.5 Å². The van der Waals surface area contributed by atoms with Crippen molar-refractivity contribution in [2.24, 2.45) is 0 Å². The zero-order valence-corrected chi connectivity index (χ0v) is 5.82. The van der Waals surface area contributed by atoms with Gasteiger partial charge in [0.2, 0.25) is 6.43 Å². The summed E-state index contributed by atoms with van der Waals surface area (Å²) in [6, 6.07) is 0.207. The molecule has 1 nitrogen and oxygen atoms in total. The fraction of sp³-hybridized carbons (Fsp3) is 1.00. The Kier molecular flexibility index (Phi) is 4.58. The molecule has 0 aromatic rings. The Balaban J connectivity index is 3.06. The molecule has 0 saturated heterocycles. The first kappa shape index (κ1) is 8.82. The third-order valence-electron chi connectivity index (χ3n) is 1.31. The molecular formula is C6H13F2N. The lowest BCUT2D eigenvalue weighted by Gasteiger charge is -2.07. The molecule has 0 unspecified atom stereocenters. The predicted molar refractivity (Wildman–Crippen MR) is 33.8 cm³/mol. The van der Waals surface area contributed by atoms with Gasteiger partial charge in [-0.05, 0) is 20.4 Å². The van der Waals surface area contributed by atoms with Gasteiger partial charge in [0.25, 0.3) is 0 Å². The lowest BCUT2D eigenvalue weighted by Crippen LogP contribution is -2.21. The Hall–Kier alpha value is -0.180. The van der Waals surface area contributed by atoms with Gasteiger partial charge in [0.15, 0.2) is 0 Å². The van der Waals surface area contributed by atoms with E-state index in [4.69, 9.17) is 0 Å². The fourth-order valence-corrected chi connectivity index (χ4v) is 0.520. The first-order chi connectivity index (χ1) is 4.16. The van der Waals surface area contributed by atoms with Gasteiger partial charge in [0.05, 0.1) is 0 Å². The second kappa shape index (κ2) is 4.68. The minimum absolute atomic E-state index is 0.00199. The average Bonchev–Trinajstić information content (AvgIpc) is 1.83. The highest BCUT2D eigenvalue weighted by Crippen LogP contribution is 2.04. The monoisotopic (exact) mass is 137 g/mol. The van der Waals surface area contributed by atoms with Gasteiger partial charge in [-0.2, -0.15) is 0 Å². The van der Waals surface area contributed by atoms with Crippen molar-refractivity contribution >= 4 is 0 Å². The number of nitrogens with one attached hydrogen (secondary N) is 1. The predicted octanol–water partition coefficient (Wildman–Crippen LogP) is 1.64. The topological polar surface area (TPSA) is 12.0 Å². The molecule has 9 heavy (non-hydrogen) atoms. The van der Waals surface area contributed by atoms with Crippen molar-refractivity contribution in [1.29, 1.82) is 0 Å². The summed E-state index contributed by atoms with van der Waals surface area (Å²) in [5, 5.41) is 2.89. The molecule has 0 rings (SSSR count). The number of rotatable bonds is 4. The molecule has 0 aliphatic rings. The standard InChI is InChI=1S/C6H13F2N/c1-5(9-2)3-4-6(7)8/h5-6,9H,3-4H2,1-2H3/t5-/m0/s1. The van der Waals surface area contributed by atoms with E-state index in [1.54, 1.807) is 7.05 Å². The van der Waals surface area contributed by atoms with Crippen LogP contribution < -0.4 is 5.32 Å². The number of halogens is 2. The molecule has 0 aliphatic carbocycles. The van der Waals surface area contributed by atoms with E-state index < -0.39 is 6.43 Å². The van der Waals surface area contributed by atoms with Crippen molar-refractivity contribution in [2.45, 2.75) is 32.2 Å². The molecule has 0 heterocycles.